The van der Waals surface area contributed by atoms with E-state index in [2.05, 4.69) is 11.6 Å². The molecule has 1 heterocycles. The third-order valence-corrected chi connectivity index (χ3v) is 4.45. The number of aromatic nitrogens is 1. The van der Waals surface area contributed by atoms with Crippen molar-refractivity contribution >= 4 is 38.9 Å². The number of ketones is 1. The number of nitrogens with zero attached hydrogens (tertiary/aromatic N) is 2. The van der Waals surface area contributed by atoms with Gasteiger partial charge in [0.1, 0.15) is 11.1 Å². The molecule has 0 aliphatic carbocycles. The standard InChI is InChI=1S/C16H15ClN2O2S/c1-3-4-7-21-10(2)15(20)12(9-18)16-19-13-8-11(17)5-6-14(13)22-16/h3,5-6,8,10,12H,1,4,7H2,2H3. The van der Waals surface area contributed by atoms with Crippen LogP contribution >= 0.6 is 22.9 Å². The SMILES string of the molecule is C=CCCOC(C)C(=O)C(C#N)c1nc2cc(Cl)ccc2s1. The van der Waals surface area contributed by atoms with Crippen LogP contribution in [0.1, 0.15) is 24.3 Å². The molecule has 0 saturated heterocycles. The number of fused-ring (bicyclic) bond motifs is 1. The summed E-state index contributed by atoms with van der Waals surface area (Å²) in [6.45, 7) is 5.66. The van der Waals surface area contributed by atoms with E-state index in [1.165, 1.54) is 11.3 Å². The molecule has 2 atom stereocenters. The third-order valence-electron chi connectivity index (χ3n) is 3.12. The van der Waals surface area contributed by atoms with E-state index in [1.54, 1.807) is 25.1 Å². The molecule has 22 heavy (non-hydrogen) atoms. The number of hydrogen-bond donors (Lipinski definition) is 0. The first-order chi connectivity index (χ1) is 10.6. The van der Waals surface area contributed by atoms with Crippen molar-refractivity contribution in [3.8, 4) is 6.07 Å². The number of Topliss-reactive ketones (excluding diaryl/α,β-unsaturated/α-hetero) is 1. The summed E-state index contributed by atoms with van der Waals surface area (Å²) < 4.78 is 6.32. The summed E-state index contributed by atoms with van der Waals surface area (Å²) in [5.74, 6) is -1.20. The van der Waals surface area contributed by atoms with Gasteiger partial charge in [0.15, 0.2) is 11.7 Å². The normalized spacial score (nSPS) is 13.5. The van der Waals surface area contributed by atoms with Gasteiger partial charge in [-0.1, -0.05) is 17.7 Å². The molecular weight excluding hydrogens is 320 g/mol. The molecule has 0 aliphatic rings. The zero-order chi connectivity index (χ0) is 16.1. The summed E-state index contributed by atoms with van der Waals surface area (Å²) in [5, 5.41) is 10.4. The molecule has 0 saturated carbocycles. The summed E-state index contributed by atoms with van der Waals surface area (Å²) in [5.41, 5.74) is 0.695. The second-order valence-electron chi connectivity index (χ2n) is 4.72. The van der Waals surface area contributed by atoms with Gasteiger partial charge in [-0.25, -0.2) is 4.98 Å². The maximum Gasteiger partial charge on any atom is 0.185 e. The van der Waals surface area contributed by atoms with Crippen molar-refractivity contribution < 1.29 is 9.53 Å². The highest BCUT2D eigenvalue weighted by molar-refractivity contribution is 7.18. The number of ether oxygens (including phenoxy) is 1. The molecule has 2 rings (SSSR count). The molecule has 0 N–H and O–H groups in total. The van der Waals surface area contributed by atoms with Crippen LogP contribution in [-0.2, 0) is 9.53 Å². The first-order valence-corrected chi connectivity index (χ1v) is 7.98. The Labute approximate surface area is 138 Å². The zero-order valence-corrected chi connectivity index (χ0v) is 13.7. The van der Waals surface area contributed by atoms with Crippen LogP contribution in [0.25, 0.3) is 10.2 Å². The van der Waals surface area contributed by atoms with Crippen LogP contribution < -0.4 is 0 Å². The number of halogens is 1. The summed E-state index contributed by atoms with van der Waals surface area (Å²) in [7, 11) is 0. The molecule has 0 aliphatic heterocycles. The number of nitriles is 1. The molecule has 0 fully saturated rings. The van der Waals surface area contributed by atoms with E-state index in [1.807, 2.05) is 12.1 Å². The third kappa shape index (κ3) is 3.72. The Bertz CT molecular complexity index is 735. The van der Waals surface area contributed by atoms with Crippen molar-refractivity contribution in [3.05, 3.63) is 40.9 Å². The van der Waals surface area contributed by atoms with Gasteiger partial charge in [-0.15, -0.1) is 17.9 Å². The lowest BCUT2D eigenvalue weighted by Crippen LogP contribution is -2.26. The second kappa shape index (κ2) is 7.50. The maximum absolute atomic E-state index is 12.4. The van der Waals surface area contributed by atoms with Crippen LogP contribution in [0.15, 0.2) is 30.9 Å². The highest BCUT2D eigenvalue weighted by Crippen LogP contribution is 2.30. The van der Waals surface area contributed by atoms with Crippen molar-refractivity contribution in [2.75, 3.05) is 6.61 Å². The minimum Gasteiger partial charge on any atom is -0.370 e. The van der Waals surface area contributed by atoms with E-state index in [0.29, 0.717) is 28.6 Å². The average molecular weight is 335 g/mol. The molecule has 2 unspecified atom stereocenters. The molecule has 1 aromatic heterocycles. The summed E-state index contributed by atoms with van der Waals surface area (Å²) >= 11 is 7.26. The minimum atomic E-state index is -0.921. The van der Waals surface area contributed by atoms with Crippen LogP contribution in [0, 0.1) is 11.3 Å². The molecule has 6 heteroatoms. The second-order valence-corrected chi connectivity index (χ2v) is 6.22. The fraction of sp³-hybridized carbons (Fsp3) is 0.312. The zero-order valence-electron chi connectivity index (χ0n) is 12.1. The van der Waals surface area contributed by atoms with Crippen LogP contribution in [-0.4, -0.2) is 23.5 Å². The van der Waals surface area contributed by atoms with Gasteiger partial charge in [-0.05, 0) is 31.5 Å². The van der Waals surface area contributed by atoms with E-state index in [0.717, 1.165) is 4.70 Å². The van der Waals surface area contributed by atoms with E-state index in [9.17, 15) is 10.1 Å². The number of thiazole rings is 1. The van der Waals surface area contributed by atoms with Crippen molar-refractivity contribution in [3.63, 3.8) is 0 Å². The van der Waals surface area contributed by atoms with Gasteiger partial charge in [0.05, 0.1) is 22.9 Å². The van der Waals surface area contributed by atoms with E-state index in [-0.39, 0.29) is 5.78 Å². The fourth-order valence-electron chi connectivity index (χ4n) is 1.93. The molecule has 2 aromatic rings. The highest BCUT2D eigenvalue weighted by atomic mass is 35.5. The van der Waals surface area contributed by atoms with Crippen molar-refractivity contribution in [2.24, 2.45) is 0 Å². The summed E-state index contributed by atoms with van der Waals surface area (Å²) in [6.07, 6.45) is 1.73. The largest absolute Gasteiger partial charge is 0.370 e. The quantitative estimate of drug-likeness (QED) is 0.564. The van der Waals surface area contributed by atoms with Gasteiger partial charge >= 0.3 is 0 Å². The van der Waals surface area contributed by atoms with E-state index in [4.69, 9.17) is 16.3 Å². The molecule has 0 spiro atoms. The fourth-order valence-corrected chi connectivity index (χ4v) is 3.09. The average Bonchev–Trinajstić information content (AvgIpc) is 2.90. The first-order valence-electron chi connectivity index (χ1n) is 6.78. The predicted molar refractivity (Wildman–Crippen MR) is 88.2 cm³/mol. The molecule has 0 radical (unpaired) electrons. The van der Waals surface area contributed by atoms with Gasteiger partial charge in [-0.2, -0.15) is 5.26 Å². The lowest BCUT2D eigenvalue weighted by molar-refractivity contribution is -0.129. The highest BCUT2D eigenvalue weighted by Gasteiger charge is 2.28. The maximum atomic E-state index is 12.4. The van der Waals surface area contributed by atoms with Gasteiger partial charge < -0.3 is 4.74 Å². The predicted octanol–water partition coefficient (Wildman–Crippen LogP) is 4.11. The van der Waals surface area contributed by atoms with Crippen molar-refractivity contribution in [2.45, 2.75) is 25.4 Å². The Morgan fingerprint density at radius 2 is 2.41 bits per heavy atom. The molecule has 114 valence electrons. The monoisotopic (exact) mass is 334 g/mol. The van der Waals surface area contributed by atoms with Crippen molar-refractivity contribution in [1.29, 1.82) is 5.26 Å². The number of rotatable bonds is 7. The number of carbonyl (C=O) groups excluding carboxylic acids is 1. The van der Waals surface area contributed by atoms with Crippen LogP contribution in [0.2, 0.25) is 5.02 Å². The molecule has 4 nitrogen and oxygen atoms in total. The number of carbonyl (C=O) groups is 1. The summed E-state index contributed by atoms with van der Waals surface area (Å²) in [6, 6.07) is 7.35. The Morgan fingerprint density at radius 3 is 3.09 bits per heavy atom. The Morgan fingerprint density at radius 1 is 1.64 bits per heavy atom. The van der Waals surface area contributed by atoms with Gasteiger partial charge in [-0.3, -0.25) is 4.79 Å². The number of benzene rings is 1. The van der Waals surface area contributed by atoms with Gasteiger partial charge in [0.2, 0.25) is 0 Å². The molecule has 0 amide bonds. The van der Waals surface area contributed by atoms with Gasteiger partial charge in [0.25, 0.3) is 0 Å². The lowest BCUT2D eigenvalue weighted by atomic mass is 10.0. The van der Waals surface area contributed by atoms with E-state index < -0.39 is 12.0 Å². The minimum absolute atomic E-state index is 0.281. The lowest BCUT2D eigenvalue weighted by Gasteiger charge is -2.13. The molecule has 0 bridgehead atoms. The Hall–Kier alpha value is -1.74. The van der Waals surface area contributed by atoms with Crippen LogP contribution in [0.4, 0.5) is 0 Å². The van der Waals surface area contributed by atoms with Crippen LogP contribution in [0.3, 0.4) is 0 Å². The van der Waals surface area contributed by atoms with E-state index >= 15 is 0 Å². The molecular formula is C16H15ClN2O2S. The molecule has 1 aromatic carbocycles. The Kier molecular flexibility index (Phi) is 5.67. The topological polar surface area (TPSA) is 63.0 Å². The first kappa shape index (κ1) is 16.6. The number of hydrogen-bond acceptors (Lipinski definition) is 5. The van der Waals surface area contributed by atoms with Crippen molar-refractivity contribution in [1.82, 2.24) is 4.98 Å². The summed E-state index contributed by atoms with van der Waals surface area (Å²) in [4.78, 5) is 16.7. The van der Waals surface area contributed by atoms with Crippen LogP contribution in [0.5, 0.6) is 0 Å². The Balaban J connectivity index is 2.20. The smallest absolute Gasteiger partial charge is 0.185 e. The van der Waals surface area contributed by atoms with Gasteiger partial charge in [0, 0.05) is 5.02 Å².